The number of likely N-dealkylation sites (tertiary alicyclic amines) is 1. The molecule has 4 unspecified atom stereocenters. The summed E-state index contributed by atoms with van der Waals surface area (Å²) >= 11 is 0. The number of carboxylic acids is 1. The van der Waals surface area contributed by atoms with E-state index in [-0.39, 0.29) is 42.1 Å². The van der Waals surface area contributed by atoms with Gasteiger partial charge in [-0.05, 0) is 46.4 Å². The second-order valence-corrected chi connectivity index (χ2v) is 10.1. The molecule has 2 amide bonds. The van der Waals surface area contributed by atoms with E-state index in [0.717, 1.165) is 28.7 Å². The van der Waals surface area contributed by atoms with Crippen LogP contribution in [0.3, 0.4) is 0 Å². The lowest BCUT2D eigenvalue weighted by Crippen LogP contribution is -2.53. The van der Waals surface area contributed by atoms with Crippen molar-refractivity contribution in [1.82, 2.24) is 10.2 Å². The minimum absolute atomic E-state index is 0.0252. The van der Waals surface area contributed by atoms with Crippen molar-refractivity contribution in [2.45, 2.75) is 38.6 Å². The summed E-state index contributed by atoms with van der Waals surface area (Å²) in [5.41, 5.74) is 4.59. The quantitative estimate of drug-likeness (QED) is 0.627. The highest BCUT2D eigenvalue weighted by atomic mass is 16.5. The number of nitrogens with zero attached hydrogens (tertiary/aromatic N) is 1. The number of carbonyl (C=O) groups is 3. The molecule has 2 fully saturated rings. The second kappa shape index (κ2) is 9.36. The number of aliphatic carboxylic acids is 1. The largest absolute Gasteiger partial charge is 0.481 e. The molecule has 1 aliphatic heterocycles. The van der Waals surface area contributed by atoms with Crippen LogP contribution in [-0.4, -0.2) is 53.7 Å². The molecule has 2 N–H and O–H groups in total. The average Bonchev–Trinajstić information content (AvgIpc) is 3.52. The Balaban J connectivity index is 1.24. The van der Waals surface area contributed by atoms with Crippen LogP contribution in [0.1, 0.15) is 43.7 Å². The van der Waals surface area contributed by atoms with Crippen molar-refractivity contribution in [3.63, 3.8) is 0 Å². The van der Waals surface area contributed by atoms with Crippen molar-refractivity contribution in [2.24, 2.45) is 23.7 Å². The first-order chi connectivity index (χ1) is 16.9. The smallest absolute Gasteiger partial charge is 0.407 e. The summed E-state index contributed by atoms with van der Waals surface area (Å²) in [7, 11) is 0. The zero-order valence-corrected chi connectivity index (χ0v) is 20.1. The number of amides is 2. The summed E-state index contributed by atoms with van der Waals surface area (Å²) < 4.78 is 5.68. The molecule has 2 aromatic rings. The molecular weight excluding hydrogens is 444 g/mol. The lowest BCUT2D eigenvalue weighted by molar-refractivity contribution is -0.139. The standard InChI is InChI=1S/C28H32N2O5/c1-3-16(2)25(26(31)30-13-12-21-22(14-30)24(21)27(32)33)29-28(34)35-15-23-19-10-6-4-8-17(19)18-9-5-7-11-20(18)23/h4-11,16,21-25H,3,12-15H2,1-2H3,(H,29,34)(H,32,33)/t16?,21?,22?,24?,25-/m0/s1. The molecule has 1 saturated heterocycles. The lowest BCUT2D eigenvalue weighted by Gasteiger charge is -2.32. The molecule has 3 aliphatic rings. The number of hydrogen-bond acceptors (Lipinski definition) is 4. The molecule has 2 aliphatic carbocycles. The van der Waals surface area contributed by atoms with Gasteiger partial charge in [0.15, 0.2) is 0 Å². The Morgan fingerprint density at radius 3 is 2.29 bits per heavy atom. The summed E-state index contributed by atoms with van der Waals surface area (Å²) in [5.74, 6) is -1.19. The van der Waals surface area contributed by atoms with E-state index in [1.165, 1.54) is 0 Å². The number of alkyl carbamates (subject to hydrolysis) is 1. The maximum absolute atomic E-state index is 13.4. The van der Waals surface area contributed by atoms with Crippen LogP contribution in [0.15, 0.2) is 48.5 Å². The van der Waals surface area contributed by atoms with Crippen molar-refractivity contribution in [1.29, 1.82) is 0 Å². The summed E-state index contributed by atoms with van der Waals surface area (Å²) in [5, 5.41) is 12.2. The van der Waals surface area contributed by atoms with E-state index >= 15 is 0 Å². The van der Waals surface area contributed by atoms with Gasteiger partial charge in [0.05, 0.1) is 5.92 Å². The third kappa shape index (κ3) is 4.28. The van der Waals surface area contributed by atoms with Crippen LogP contribution >= 0.6 is 0 Å². The van der Waals surface area contributed by atoms with Gasteiger partial charge in [0, 0.05) is 19.0 Å². The van der Waals surface area contributed by atoms with Gasteiger partial charge in [-0.15, -0.1) is 0 Å². The fourth-order valence-electron chi connectivity index (χ4n) is 5.95. The summed E-state index contributed by atoms with van der Waals surface area (Å²) in [4.78, 5) is 39.4. The third-order valence-corrected chi connectivity index (χ3v) is 8.19. The Hall–Kier alpha value is -3.35. The van der Waals surface area contributed by atoms with Crippen molar-refractivity contribution in [3.8, 4) is 11.1 Å². The number of rotatable bonds is 7. The highest BCUT2D eigenvalue weighted by Gasteiger charge is 2.57. The van der Waals surface area contributed by atoms with Crippen LogP contribution in [0.4, 0.5) is 4.79 Å². The maximum Gasteiger partial charge on any atom is 0.407 e. The van der Waals surface area contributed by atoms with Crippen LogP contribution < -0.4 is 5.32 Å². The number of carboxylic acid groups (broad SMARTS) is 1. The minimum Gasteiger partial charge on any atom is -0.481 e. The van der Waals surface area contributed by atoms with Crippen LogP contribution in [0.25, 0.3) is 11.1 Å². The molecule has 2 aromatic carbocycles. The van der Waals surface area contributed by atoms with Crippen molar-refractivity contribution in [2.75, 3.05) is 19.7 Å². The van der Waals surface area contributed by atoms with Crippen LogP contribution in [0.5, 0.6) is 0 Å². The first kappa shape index (κ1) is 23.4. The Morgan fingerprint density at radius 2 is 1.69 bits per heavy atom. The second-order valence-electron chi connectivity index (χ2n) is 10.1. The van der Waals surface area contributed by atoms with Gasteiger partial charge in [0.2, 0.25) is 5.91 Å². The van der Waals surface area contributed by atoms with Crippen molar-refractivity contribution < 1.29 is 24.2 Å². The van der Waals surface area contributed by atoms with E-state index in [0.29, 0.717) is 19.5 Å². The molecule has 1 heterocycles. The van der Waals surface area contributed by atoms with Gasteiger partial charge in [-0.2, -0.15) is 0 Å². The number of carbonyl (C=O) groups excluding carboxylic acids is 2. The SMILES string of the molecule is CCC(C)[C@H](NC(=O)OCC1c2ccccc2-c2ccccc21)C(=O)N1CCC2C(C1)C2C(=O)O. The number of ether oxygens (including phenoxy) is 1. The van der Waals surface area contributed by atoms with E-state index in [1.807, 2.05) is 38.1 Å². The normalized spacial score (nSPS) is 23.9. The first-order valence-corrected chi connectivity index (χ1v) is 12.5. The molecule has 7 nitrogen and oxygen atoms in total. The molecule has 0 radical (unpaired) electrons. The van der Waals surface area contributed by atoms with E-state index in [2.05, 4.69) is 29.6 Å². The molecule has 7 heteroatoms. The Morgan fingerprint density at radius 1 is 1.06 bits per heavy atom. The Labute approximate surface area is 205 Å². The predicted molar refractivity (Wildman–Crippen MR) is 131 cm³/mol. The fourth-order valence-corrected chi connectivity index (χ4v) is 5.95. The zero-order chi connectivity index (χ0) is 24.7. The summed E-state index contributed by atoms with van der Waals surface area (Å²) in [6.45, 7) is 5.09. The van der Waals surface area contributed by atoms with Gasteiger partial charge in [-0.3, -0.25) is 9.59 Å². The molecule has 5 rings (SSSR count). The molecule has 0 spiro atoms. The molecular formula is C28H32N2O5. The third-order valence-electron chi connectivity index (χ3n) is 8.19. The fraction of sp³-hybridized carbons (Fsp3) is 0.464. The van der Waals surface area contributed by atoms with Crippen LogP contribution in [0, 0.1) is 23.7 Å². The van der Waals surface area contributed by atoms with Gasteiger partial charge in [0.25, 0.3) is 0 Å². The summed E-state index contributed by atoms with van der Waals surface area (Å²) in [6, 6.07) is 15.6. The molecule has 5 atom stereocenters. The number of benzene rings is 2. The number of fused-ring (bicyclic) bond motifs is 4. The number of nitrogens with one attached hydrogen (secondary N) is 1. The molecule has 0 bridgehead atoms. The maximum atomic E-state index is 13.4. The van der Waals surface area contributed by atoms with Crippen LogP contribution in [-0.2, 0) is 14.3 Å². The number of piperidine rings is 1. The van der Waals surface area contributed by atoms with Crippen LogP contribution in [0.2, 0.25) is 0 Å². The van der Waals surface area contributed by atoms with E-state index in [1.54, 1.807) is 4.90 Å². The average molecular weight is 477 g/mol. The highest BCUT2D eigenvalue weighted by Crippen LogP contribution is 2.51. The van der Waals surface area contributed by atoms with E-state index < -0.39 is 18.1 Å². The zero-order valence-electron chi connectivity index (χ0n) is 20.1. The van der Waals surface area contributed by atoms with E-state index in [9.17, 15) is 19.5 Å². The van der Waals surface area contributed by atoms with E-state index in [4.69, 9.17) is 4.74 Å². The first-order valence-electron chi connectivity index (χ1n) is 12.5. The minimum atomic E-state index is -0.774. The highest BCUT2D eigenvalue weighted by molar-refractivity contribution is 5.86. The van der Waals surface area contributed by atoms with Gasteiger partial charge < -0.3 is 20.1 Å². The van der Waals surface area contributed by atoms with Crippen molar-refractivity contribution in [3.05, 3.63) is 59.7 Å². The molecule has 35 heavy (non-hydrogen) atoms. The predicted octanol–water partition coefficient (Wildman–Crippen LogP) is 4.12. The topological polar surface area (TPSA) is 95.9 Å². The Kier molecular flexibility index (Phi) is 6.26. The lowest BCUT2D eigenvalue weighted by atomic mass is 9.97. The monoisotopic (exact) mass is 476 g/mol. The summed E-state index contributed by atoms with van der Waals surface area (Å²) in [6.07, 6.45) is 0.818. The van der Waals surface area contributed by atoms with Gasteiger partial charge in [0.1, 0.15) is 12.6 Å². The molecule has 1 saturated carbocycles. The van der Waals surface area contributed by atoms with Crippen molar-refractivity contribution >= 4 is 18.0 Å². The Bertz CT molecular complexity index is 1100. The number of hydrogen-bond donors (Lipinski definition) is 2. The molecule has 184 valence electrons. The van der Waals surface area contributed by atoms with Gasteiger partial charge in [-0.1, -0.05) is 68.8 Å². The molecule has 0 aromatic heterocycles. The van der Waals surface area contributed by atoms with Gasteiger partial charge >= 0.3 is 12.1 Å². The van der Waals surface area contributed by atoms with Gasteiger partial charge in [-0.25, -0.2) is 4.79 Å².